The molecule has 0 radical (unpaired) electrons. The van der Waals surface area contributed by atoms with Crippen molar-refractivity contribution in [1.82, 2.24) is 0 Å². The van der Waals surface area contributed by atoms with Crippen LogP contribution in [-0.2, 0) is 4.74 Å². The molecule has 0 aliphatic carbocycles. The predicted octanol–water partition coefficient (Wildman–Crippen LogP) is 4.66. The number of anilines is 1. The van der Waals surface area contributed by atoms with Gasteiger partial charge in [-0.3, -0.25) is 4.79 Å². The highest BCUT2D eigenvalue weighted by atomic mass is 127. The molecule has 0 unspecified atom stereocenters. The zero-order valence-electron chi connectivity index (χ0n) is 12.1. The number of hydrogen-bond donors (Lipinski definition) is 1. The molecule has 116 valence electrons. The Labute approximate surface area is 151 Å². The predicted molar refractivity (Wildman–Crippen MR) is 97.3 cm³/mol. The van der Waals surface area contributed by atoms with Gasteiger partial charge in [-0.1, -0.05) is 11.6 Å². The van der Waals surface area contributed by atoms with Crippen molar-refractivity contribution in [2.24, 2.45) is 0 Å². The Kier molecular flexibility index (Phi) is 5.46. The van der Waals surface area contributed by atoms with Crippen molar-refractivity contribution in [2.75, 3.05) is 12.4 Å². The van der Waals surface area contributed by atoms with Gasteiger partial charge in [0.25, 0.3) is 5.91 Å². The number of halogens is 2. The van der Waals surface area contributed by atoms with E-state index in [1.807, 2.05) is 13.8 Å². The number of ether oxygens (including phenoxy) is 1. The summed E-state index contributed by atoms with van der Waals surface area (Å²) in [6.45, 7) is 3.73. The van der Waals surface area contributed by atoms with E-state index in [1.165, 1.54) is 18.4 Å². The van der Waals surface area contributed by atoms with Gasteiger partial charge in [-0.25, -0.2) is 4.79 Å². The van der Waals surface area contributed by atoms with Crippen LogP contribution in [0.1, 0.15) is 31.2 Å². The number of hydrogen-bond acceptors (Lipinski definition) is 4. The quantitative estimate of drug-likeness (QED) is 0.548. The number of amides is 1. The lowest BCUT2D eigenvalue weighted by Crippen LogP contribution is -2.15. The molecule has 0 spiro atoms. The number of rotatable bonds is 3. The summed E-state index contributed by atoms with van der Waals surface area (Å²) in [5.74, 6) is -0.740. The topological polar surface area (TPSA) is 55.4 Å². The van der Waals surface area contributed by atoms with E-state index in [1.54, 1.807) is 18.2 Å². The van der Waals surface area contributed by atoms with Gasteiger partial charge in [0.15, 0.2) is 0 Å². The smallest absolute Gasteiger partial charge is 0.341 e. The second kappa shape index (κ2) is 6.97. The van der Waals surface area contributed by atoms with Crippen molar-refractivity contribution in [1.29, 1.82) is 0 Å². The number of nitrogens with one attached hydrogen (secondary N) is 1. The first kappa shape index (κ1) is 17.2. The lowest BCUT2D eigenvalue weighted by molar-refractivity contribution is 0.0601. The Morgan fingerprint density at radius 3 is 2.59 bits per heavy atom. The van der Waals surface area contributed by atoms with Gasteiger partial charge in [0, 0.05) is 13.5 Å². The highest BCUT2D eigenvalue weighted by molar-refractivity contribution is 14.1. The van der Waals surface area contributed by atoms with Crippen molar-refractivity contribution in [3.63, 3.8) is 0 Å². The molecule has 0 saturated heterocycles. The second-order valence-electron chi connectivity index (χ2n) is 4.56. The van der Waals surface area contributed by atoms with E-state index in [0.29, 0.717) is 21.2 Å². The van der Waals surface area contributed by atoms with E-state index < -0.39 is 5.97 Å². The monoisotopic (exact) mass is 449 g/mol. The van der Waals surface area contributed by atoms with Crippen LogP contribution in [0.25, 0.3) is 0 Å². The minimum absolute atomic E-state index is 0.285. The lowest BCUT2D eigenvalue weighted by atomic mass is 10.1. The summed E-state index contributed by atoms with van der Waals surface area (Å²) in [6.07, 6.45) is 0. The van der Waals surface area contributed by atoms with E-state index in [4.69, 9.17) is 16.3 Å². The molecule has 0 aliphatic heterocycles. The van der Waals surface area contributed by atoms with Crippen molar-refractivity contribution >= 4 is 62.4 Å². The number of benzene rings is 1. The van der Waals surface area contributed by atoms with Gasteiger partial charge < -0.3 is 10.1 Å². The summed E-state index contributed by atoms with van der Waals surface area (Å²) in [7, 11) is 1.32. The molecule has 1 aromatic heterocycles. The Morgan fingerprint density at radius 2 is 2.00 bits per heavy atom. The molecule has 0 fully saturated rings. The van der Waals surface area contributed by atoms with E-state index in [-0.39, 0.29) is 5.91 Å². The number of methoxy groups -OCH3 is 1. The van der Waals surface area contributed by atoms with Crippen LogP contribution in [-0.4, -0.2) is 19.0 Å². The number of carbonyl (C=O) groups excluding carboxylic acids is 2. The number of aryl methyl sites for hydroxylation is 1. The van der Waals surface area contributed by atoms with Gasteiger partial charge in [-0.2, -0.15) is 0 Å². The summed E-state index contributed by atoms with van der Waals surface area (Å²) >= 11 is 9.30. The highest BCUT2D eigenvalue weighted by Gasteiger charge is 2.22. The SMILES string of the molecule is COC(=O)c1c(NC(=O)c2ccc(Cl)cc2I)sc(C)c1C. The molecule has 2 aromatic rings. The van der Waals surface area contributed by atoms with Crippen LogP contribution >= 0.6 is 45.5 Å². The third kappa shape index (κ3) is 3.44. The van der Waals surface area contributed by atoms with Gasteiger partial charge in [-0.05, 0) is 60.2 Å². The first-order valence-corrected chi connectivity index (χ1v) is 8.57. The Bertz CT molecular complexity index is 757. The van der Waals surface area contributed by atoms with Crippen LogP contribution in [0.15, 0.2) is 18.2 Å². The average Bonchev–Trinajstić information content (AvgIpc) is 2.72. The molecule has 7 heteroatoms. The molecule has 0 aliphatic rings. The molecule has 1 amide bonds. The molecule has 0 atom stereocenters. The van der Waals surface area contributed by atoms with Crippen molar-refractivity contribution in [3.8, 4) is 0 Å². The van der Waals surface area contributed by atoms with Gasteiger partial charge in [0.05, 0.1) is 18.2 Å². The van der Waals surface area contributed by atoms with Crippen LogP contribution < -0.4 is 5.32 Å². The maximum atomic E-state index is 12.4. The van der Waals surface area contributed by atoms with Gasteiger partial charge >= 0.3 is 5.97 Å². The molecule has 1 heterocycles. The van der Waals surface area contributed by atoms with E-state index >= 15 is 0 Å². The van der Waals surface area contributed by atoms with Crippen LogP contribution in [0.4, 0.5) is 5.00 Å². The van der Waals surface area contributed by atoms with Gasteiger partial charge in [0.1, 0.15) is 5.00 Å². The molecule has 22 heavy (non-hydrogen) atoms. The zero-order valence-corrected chi connectivity index (χ0v) is 15.9. The van der Waals surface area contributed by atoms with Gasteiger partial charge in [-0.15, -0.1) is 11.3 Å². The maximum Gasteiger partial charge on any atom is 0.341 e. The molecule has 1 N–H and O–H groups in total. The van der Waals surface area contributed by atoms with E-state index in [9.17, 15) is 9.59 Å². The minimum Gasteiger partial charge on any atom is -0.465 e. The molecular weight excluding hydrogens is 437 g/mol. The van der Waals surface area contributed by atoms with Crippen molar-refractivity contribution in [2.45, 2.75) is 13.8 Å². The average molecular weight is 450 g/mol. The van der Waals surface area contributed by atoms with Crippen LogP contribution in [0.5, 0.6) is 0 Å². The normalized spacial score (nSPS) is 10.4. The first-order valence-electron chi connectivity index (χ1n) is 6.29. The number of thiophene rings is 1. The third-order valence-electron chi connectivity index (χ3n) is 3.18. The fraction of sp³-hybridized carbons (Fsp3) is 0.200. The summed E-state index contributed by atoms with van der Waals surface area (Å²) < 4.78 is 5.54. The van der Waals surface area contributed by atoms with E-state index in [0.717, 1.165) is 14.0 Å². The summed E-state index contributed by atoms with van der Waals surface area (Å²) in [6, 6.07) is 5.03. The molecular formula is C15H13ClINO3S. The minimum atomic E-state index is -0.456. The lowest BCUT2D eigenvalue weighted by Gasteiger charge is -2.08. The van der Waals surface area contributed by atoms with Crippen LogP contribution in [0.3, 0.4) is 0 Å². The van der Waals surface area contributed by atoms with Crippen LogP contribution in [0.2, 0.25) is 5.02 Å². The molecule has 1 aromatic carbocycles. The fourth-order valence-electron chi connectivity index (χ4n) is 1.91. The standard InChI is InChI=1S/C15H13ClINO3S/c1-7-8(2)22-14(12(7)15(20)21-3)18-13(19)10-5-4-9(16)6-11(10)17/h4-6H,1-3H3,(H,18,19). The Morgan fingerprint density at radius 1 is 1.32 bits per heavy atom. The molecule has 0 saturated carbocycles. The molecule has 4 nitrogen and oxygen atoms in total. The number of carbonyl (C=O) groups is 2. The van der Waals surface area contributed by atoms with Crippen LogP contribution in [0, 0.1) is 17.4 Å². The third-order valence-corrected chi connectivity index (χ3v) is 5.43. The Balaban J connectivity index is 2.36. The zero-order chi connectivity index (χ0) is 16.4. The fourth-order valence-corrected chi connectivity index (χ4v) is 4.07. The first-order chi connectivity index (χ1) is 10.3. The summed E-state index contributed by atoms with van der Waals surface area (Å²) in [5, 5.41) is 3.86. The Hall–Kier alpha value is -1.12. The van der Waals surface area contributed by atoms with Gasteiger partial charge in [0.2, 0.25) is 0 Å². The largest absolute Gasteiger partial charge is 0.465 e. The summed E-state index contributed by atoms with van der Waals surface area (Å²) in [4.78, 5) is 25.3. The van der Waals surface area contributed by atoms with Crippen molar-refractivity contribution < 1.29 is 14.3 Å². The van der Waals surface area contributed by atoms with Crippen molar-refractivity contribution in [3.05, 3.63) is 48.4 Å². The molecule has 0 bridgehead atoms. The number of esters is 1. The second-order valence-corrected chi connectivity index (χ2v) is 7.38. The molecule has 2 rings (SSSR count). The van der Waals surface area contributed by atoms with E-state index in [2.05, 4.69) is 27.9 Å². The summed E-state index contributed by atoms with van der Waals surface area (Å²) in [5.41, 5.74) is 1.73. The highest BCUT2D eigenvalue weighted by Crippen LogP contribution is 2.33. The maximum absolute atomic E-state index is 12.4.